The highest BCUT2D eigenvalue weighted by molar-refractivity contribution is 6.49. The molecular formula is C13H13ClO. The summed E-state index contributed by atoms with van der Waals surface area (Å²) < 4.78 is 0. The van der Waals surface area contributed by atoms with Gasteiger partial charge in [0, 0.05) is 0 Å². The van der Waals surface area contributed by atoms with E-state index in [1.165, 1.54) is 36.5 Å². The fourth-order valence-electron chi connectivity index (χ4n) is 2.04. The molecule has 1 aromatic carbocycles. The van der Waals surface area contributed by atoms with Crippen LogP contribution in [0.4, 0.5) is 0 Å². The third-order valence-corrected chi connectivity index (χ3v) is 3.18. The van der Waals surface area contributed by atoms with Crippen molar-refractivity contribution >= 4 is 22.9 Å². The number of benzene rings is 1. The molecule has 2 rings (SSSR count). The van der Waals surface area contributed by atoms with Crippen LogP contribution in [-0.4, -0.2) is 6.29 Å². The van der Waals surface area contributed by atoms with Gasteiger partial charge >= 0.3 is 0 Å². The Balaban J connectivity index is 2.35. The Hall–Kier alpha value is -1.08. The zero-order valence-corrected chi connectivity index (χ0v) is 9.26. The molecule has 0 radical (unpaired) electrons. The Kier molecular flexibility index (Phi) is 3.22. The number of allylic oxidation sites excluding steroid dienone is 1. The predicted octanol–water partition coefficient (Wildman–Crippen LogP) is 3.34. The Morgan fingerprint density at radius 2 is 1.93 bits per heavy atom. The lowest BCUT2D eigenvalue weighted by atomic mass is 9.90. The third-order valence-electron chi connectivity index (χ3n) is 2.84. The number of hydrogen-bond acceptors (Lipinski definition) is 1. The van der Waals surface area contributed by atoms with Gasteiger partial charge in [0.05, 0.1) is 5.03 Å². The van der Waals surface area contributed by atoms with Gasteiger partial charge in [-0.3, -0.25) is 4.79 Å². The third kappa shape index (κ3) is 2.29. The first-order valence-corrected chi connectivity index (χ1v) is 5.62. The SMILES string of the molecule is O=C/C=C(\Cl)c1ccc2c(c1)CCCC2. The van der Waals surface area contributed by atoms with Crippen molar-refractivity contribution in [3.05, 3.63) is 41.0 Å². The molecule has 0 heterocycles. The van der Waals surface area contributed by atoms with Crippen LogP contribution in [0.5, 0.6) is 0 Å². The second kappa shape index (κ2) is 4.63. The first kappa shape index (κ1) is 10.4. The van der Waals surface area contributed by atoms with Gasteiger partial charge in [-0.05, 0) is 54.5 Å². The number of fused-ring (bicyclic) bond motifs is 1. The highest BCUT2D eigenvalue weighted by atomic mass is 35.5. The van der Waals surface area contributed by atoms with E-state index in [9.17, 15) is 4.79 Å². The molecule has 0 atom stereocenters. The summed E-state index contributed by atoms with van der Waals surface area (Å²) in [5.74, 6) is 0. The van der Waals surface area contributed by atoms with Crippen LogP contribution in [0.3, 0.4) is 0 Å². The van der Waals surface area contributed by atoms with Gasteiger partial charge in [0.15, 0.2) is 0 Å². The Bertz CT molecular complexity index is 407. The van der Waals surface area contributed by atoms with E-state index in [0.717, 1.165) is 18.3 Å². The van der Waals surface area contributed by atoms with E-state index in [1.54, 1.807) is 0 Å². The standard InChI is InChI=1S/C13H13ClO/c14-13(7-8-15)12-6-5-10-3-1-2-4-11(10)9-12/h5-9H,1-4H2/b13-7-. The van der Waals surface area contributed by atoms with Crippen molar-refractivity contribution in [2.75, 3.05) is 0 Å². The zero-order chi connectivity index (χ0) is 10.7. The minimum absolute atomic E-state index is 0.526. The highest BCUT2D eigenvalue weighted by Gasteiger charge is 2.10. The number of aryl methyl sites for hydroxylation is 2. The lowest BCUT2D eigenvalue weighted by Gasteiger charge is -2.16. The van der Waals surface area contributed by atoms with Crippen molar-refractivity contribution in [3.63, 3.8) is 0 Å². The number of halogens is 1. The van der Waals surface area contributed by atoms with Gasteiger partial charge in [-0.25, -0.2) is 0 Å². The summed E-state index contributed by atoms with van der Waals surface area (Å²) in [5.41, 5.74) is 3.76. The van der Waals surface area contributed by atoms with Gasteiger partial charge in [-0.15, -0.1) is 0 Å². The van der Waals surface area contributed by atoms with Crippen LogP contribution in [0, 0.1) is 0 Å². The average Bonchev–Trinajstić information content (AvgIpc) is 2.29. The highest BCUT2D eigenvalue weighted by Crippen LogP contribution is 2.26. The van der Waals surface area contributed by atoms with Gasteiger partial charge in [0.1, 0.15) is 6.29 Å². The molecule has 1 aromatic rings. The maximum Gasteiger partial charge on any atom is 0.144 e. The van der Waals surface area contributed by atoms with Crippen molar-refractivity contribution in [2.24, 2.45) is 0 Å². The normalized spacial score (nSPS) is 15.9. The minimum atomic E-state index is 0.526. The second-order valence-corrected chi connectivity index (χ2v) is 4.25. The minimum Gasteiger partial charge on any atom is -0.299 e. The summed E-state index contributed by atoms with van der Waals surface area (Å²) in [6.45, 7) is 0. The lowest BCUT2D eigenvalue weighted by molar-refractivity contribution is -0.104. The quantitative estimate of drug-likeness (QED) is 0.552. The Morgan fingerprint density at radius 1 is 1.20 bits per heavy atom. The molecule has 0 bridgehead atoms. The molecule has 0 saturated heterocycles. The van der Waals surface area contributed by atoms with Crippen LogP contribution in [0.1, 0.15) is 29.5 Å². The molecule has 0 unspecified atom stereocenters. The first-order chi connectivity index (χ1) is 7.31. The number of aldehydes is 1. The van der Waals surface area contributed by atoms with Gasteiger partial charge in [0.2, 0.25) is 0 Å². The van der Waals surface area contributed by atoms with E-state index in [-0.39, 0.29) is 0 Å². The summed E-state index contributed by atoms with van der Waals surface area (Å²) >= 11 is 5.98. The van der Waals surface area contributed by atoms with E-state index in [4.69, 9.17) is 11.6 Å². The molecule has 1 aliphatic carbocycles. The number of hydrogen-bond donors (Lipinski definition) is 0. The van der Waals surface area contributed by atoms with E-state index in [1.807, 2.05) is 6.07 Å². The number of carbonyl (C=O) groups is 1. The van der Waals surface area contributed by atoms with Crippen LogP contribution in [0.2, 0.25) is 0 Å². The average molecular weight is 221 g/mol. The molecule has 0 spiro atoms. The fourth-order valence-corrected chi connectivity index (χ4v) is 2.21. The van der Waals surface area contributed by atoms with Crippen molar-refractivity contribution < 1.29 is 4.79 Å². The first-order valence-electron chi connectivity index (χ1n) is 5.24. The lowest BCUT2D eigenvalue weighted by Crippen LogP contribution is -2.02. The number of rotatable bonds is 2. The van der Waals surface area contributed by atoms with E-state index < -0.39 is 0 Å². The zero-order valence-electron chi connectivity index (χ0n) is 8.50. The summed E-state index contributed by atoms with van der Waals surface area (Å²) in [6.07, 6.45) is 6.96. The molecule has 0 aromatic heterocycles. The molecule has 1 aliphatic rings. The van der Waals surface area contributed by atoms with Crippen LogP contribution < -0.4 is 0 Å². The molecule has 0 aliphatic heterocycles. The molecular weight excluding hydrogens is 208 g/mol. The summed E-state index contributed by atoms with van der Waals surface area (Å²) in [7, 11) is 0. The van der Waals surface area contributed by atoms with Crippen molar-refractivity contribution in [2.45, 2.75) is 25.7 Å². The smallest absolute Gasteiger partial charge is 0.144 e. The molecule has 0 saturated carbocycles. The molecule has 0 amide bonds. The summed E-state index contributed by atoms with van der Waals surface area (Å²) in [5, 5.41) is 0.526. The van der Waals surface area contributed by atoms with Gasteiger partial charge in [-0.2, -0.15) is 0 Å². The fraction of sp³-hybridized carbons (Fsp3) is 0.308. The molecule has 1 nitrogen and oxygen atoms in total. The largest absolute Gasteiger partial charge is 0.299 e. The molecule has 78 valence electrons. The summed E-state index contributed by atoms with van der Waals surface area (Å²) in [4.78, 5) is 10.3. The van der Waals surface area contributed by atoms with Crippen LogP contribution >= 0.6 is 11.6 Å². The molecule has 15 heavy (non-hydrogen) atoms. The van der Waals surface area contributed by atoms with Crippen molar-refractivity contribution in [1.29, 1.82) is 0 Å². The van der Waals surface area contributed by atoms with Gasteiger partial charge < -0.3 is 0 Å². The number of carbonyl (C=O) groups excluding carboxylic acids is 1. The second-order valence-electron chi connectivity index (χ2n) is 3.84. The van der Waals surface area contributed by atoms with E-state index >= 15 is 0 Å². The molecule has 0 N–H and O–H groups in total. The maximum atomic E-state index is 10.3. The van der Waals surface area contributed by atoms with E-state index in [0.29, 0.717) is 5.03 Å². The Morgan fingerprint density at radius 3 is 2.67 bits per heavy atom. The monoisotopic (exact) mass is 220 g/mol. The van der Waals surface area contributed by atoms with Crippen molar-refractivity contribution in [1.82, 2.24) is 0 Å². The summed E-state index contributed by atoms with van der Waals surface area (Å²) in [6, 6.07) is 6.23. The van der Waals surface area contributed by atoms with Gasteiger partial charge in [-0.1, -0.05) is 23.7 Å². The molecule has 0 fully saturated rings. The Labute approximate surface area is 94.8 Å². The maximum absolute atomic E-state index is 10.3. The van der Waals surface area contributed by atoms with Crippen LogP contribution in [0.15, 0.2) is 24.3 Å². The van der Waals surface area contributed by atoms with E-state index in [2.05, 4.69) is 12.1 Å². The molecule has 2 heteroatoms. The van der Waals surface area contributed by atoms with Crippen LogP contribution in [-0.2, 0) is 17.6 Å². The van der Waals surface area contributed by atoms with Crippen molar-refractivity contribution in [3.8, 4) is 0 Å². The van der Waals surface area contributed by atoms with Crippen LogP contribution in [0.25, 0.3) is 5.03 Å². The topological polar surface area (TPSA) is 17.1 Å². The predicted molar refractivity (Wildman–Crippen MR) is 63.0 cm³/mol. The van der Waals surface area contributed by atoms with Gasteiger partial charge in [0.25, 0.3) is 0 Å².